The van der Waals surface area contributed by atoms with Crippen molar-refractivity contribution in [3.63, 3.8) is 0 Å². The van der Waals surface area contributed by atoms with Gasteiger partial charge in [-0.3, -0.25) is 4.79 Å². The average Bonchev–Trinajstić information content (AvgIpc) is 3.21. The van der Waals surface area contributed by atoms with Gasteiger partial charge in [0.25, 0.3) is 0 Å². The van der Waals surface area contributed by atoms with E-state index in [1.54, 1.807) is 12.1 Å². The van der Waals surface area contributed by atoms with E-state index < -0.39 is 5.25 Å². The number of thioether (sulfide) groups is 1. The van der Waals surface area contributed by atoms with Gasteiger partial charge >= 0.3 is 0 Å². The first-order valence-electron chi connectivity index (χ1n) is 9.13. The van der Waals surface area contributed by atoms with Crippen LogP contribution in [0.1, 0.15) is 10.8 Å². The van der Waals surface area contributed by atoms with Crippen LogP contribution in [0.4, 0.5) is 15.2 Å². The minimum Gasteiger partial charge on any atom is -0.378 e. The second-order valence-electron chi connectivity index (χ2n) is 6.35. The van der Waals surface area contributed by atoms with Crippen molar-refractivity contribution in [3.8, 4) is 0 Å². The molecule has 0 aliphatic carbocycles. The first kappa shape index (κ1) is 19.8. The second-order valence-corrected chi connectivity index (χ2v) is 8.68. The van der Waals surface area contributed by atoms with Crippen LogP contribution in [0.2, 0.25) is 0 Å². The minimum atomic E-state index is -0.402. The Balaban J connectivity index is 1.51. The highest BCUT2D eigenvalue weighted by molar-refractivity contribution is 8.01. The third kappa shape index (κ3) is 5.11. The number of nitrogens with zero attached hydrogens (tertiary/aromatic N) is 3. The number of carbonyl (C=O) groups is 1. The molecule has 6 nitrogen and oxygen atoms in total. The topological polar surface area (TPSA) is 67.4 Å². The molecule has 0 spiro atoms. The van der Waals surface area contributed by atoms with Crippen LogP contribution in [0.25, 0.3) is 0 Å². The number of morpholine rings is 1. The number of anilines is 2. The van der Waals surface area contributed by atoms with E-state index in [9.17, 15) is 9.18 Å². The zero-order chi connectivity index (χ0) is 20.1. The smallest absolute Gasteiger partial charge is 0.240 e. The Hall–Kier alpha value is -2.49. The van der Waals surface area contributed by atoms with E-state index in [1.807, 2.05) is 35.2 Å². The molecule has 2 heterocycles. The number of hydrogen-bond donors (Lipinski definition) is 1. The Morgan fingerprint density at radius 1 is 1.10 bits per heavy atom. The fourth-order valence-corrected chi connectivity index (χ4v) is 4.95. The van der Waals surface area contributed by atoms with E-state index >= 15 is 0 Å². The van der Waals surface area contributed by atoms with E-state index in [2.05, 4.69) is 15.5 Å². The number of carbonyl (C=O) groups excluding carboxylic acids is 1. The molecule has 0 bridgehead atoms. The van der Waals surface area contributed by atoms with Crippen LogP contribution in [0.3, 0.4) is 0 Å². The molecular weight excluding hydrogens is 411 g/mol. The lowest BCUT2D eigenvalue weighted by molar-refractivity contribution is -0.134. The summed E-state index contributed by atoms with van der Waals surface area (Å²) in [5.41, 5.74) is 1.65. The normalized spacial score (nSPS) is 15.1. The van der Waals surface area contributed by atoms with Crippen molar-refractivity contribution in [1.29, 1.82) is 0 Å². The SMILES string of the molecule is O=C(C(Sc1nnc(Nc2ccc(F)cc2)s1)c1ccccc1)N1CCOCC1. The predicted molar refractivity (Wildman–Crippen MR) is 112 cm³/mol. The van der Waals surface area contributed by atoms with E-state index in [4.69, 9.17) is 4.74 Å². The largest absolute Gasteiger partial charge is 0.378 e. The third-order valence-corrected chi connectivity index (χ3v) is 6.53. The van der Waals surface area contributed by atoms with E-state index in [0.29, 0.717) is 35.8 Å². The van der Waals surface area contributed by atoms with Gasteiger partial charge in [-0.2, -0.15) is 0 Å². The van der Waals surface area contributed by atoms with Gasteiger partial charge in [0.15, 0.2) is 4.34 Å². The Kier molecular flexibility index (Phi) is 6.38. The number of halogens is 1. The first-order valence-corrected chi connectivity index (χ1v) is 10.8. The molecule has 1 aromatic heterocycles. The van der Waals surface area contributed by atoms with Gasteiger partial charge in [-0.15, -0.1) is 10.2 Å². The summed E-state index contributed by atoms with van der Waals surface area (Å²) in [6.45, 7) is 2.30. The quantitative estimate of drug-likeness (QED) is 0.594. The Labute approximate surface area is 176 Å². The van der Waals surface area contributed by atoms with Gasteiger partial charge in [0.2, 0.25) is 11.0 Å². The molecule has 1 N–H and O–H groups in total. The summed E-state index contributed by atoms with van der Waals surface area (Å²) < 4.78 is 19.1. The summed E-state index contributed by atoms with van der Waals surface area (Å²) in [5.74, 6) is -0.246. The third-order valence-electron chi connectivity index (χ3n) is 4.37. The van der Waals surface area contributed by atoms with Crippen molar-refractivity contribution in [2.75, 3.05) is 31.6 Å². The zero-order valence-electron chi connectivity index (χ0n) is 15.5. The average molecular weight is 431 g/mol. The summed E-state index contributed by atoms with van der Waals surface area (Å²) >= 11 is 2.75. The van der Waals surface area contributed by atoms with Crippen LogP contribution in [0.5, 0.6) is 0 Å². The van der Waals surface area contributed by atoms with Crippen LogP contribution in [0.15, 0.2) is 58.9 Å². The van der Waals surface area contributed by atoms with Gasteiger partial charge in [-0.1, -0.05) is 53.4 Å². The maximum absolute atomic E-state index is 13.2. The van der Waals surface area contributed by atoms with E-state index in [1.165, 1.54) is 35.2 Å². The molecule has 2 aromatic carbocycles. The Morgan fingerprint density at radius 3 is 2.55 bits per heavy atom. The lowest BCUT2D eigenvalue weighted by atomic mass is 10.1. The van der Waals surface area contributed by atoms with E-state index in [-0.39, 0.29) is 11.7 Å². The van der Waals surface area contributed by atoms with Gasteiger partial charge in [0.1, 0.15) is 11.1 Å². The van der Waals surface area contributed by atoms with Gasteiger partial charge in [-0.25, -0.2) is 4.39 Å². The van der Waals surface area contributed by atoms with Crippen molar-refractivity contribution in [3.05, 3.63) is 66.0 Å². The van der Waals surface area contributed by atoms with Gasteiger partial charge < -0.3 is 15.0 Å². The Bertz CT molecular complexity index is 947. The van der Waals surface area contributed by atoms with Crippen LogP contribution >= 0.6 is 23.1 Å². The Morgan fingerprint density at radius 2 is 1.83 bits per heavy atom. The summed E-state index contributed by atoms with van der Waals surface area (Å²) in [6.07, 6.45) is 0. The number of rotatable bonds is 6. The summed E-state index contributed by atoms with van der Waals surface area (Å²) in [5, 5.41) is 11.7. The van der Waals surface area contributed by atoms with Gasteiger partial charge in [0.05, 0.1) is 13.2 Å². The number of benzene rings is 2. The fourth-order valence-electron chi connectivity index (χ4n) is 2.90. The molecular formula is C20H19FN4O2S2. The molecule has 1 atom stereocenters. The number of aromatic nitrogens is 2. The molecule has 9 heteroatoms. The lowest BCUT2D eigenvalue weighted by Crippen LogP contribution is -2.42. The zero-order valence-corrected chi connectivity index (χ0v) is 17.1. The minimum absolute atomic E-state index is 0.0488. The fraction of sp³-hybridized carbons (Fsp3) is 0.250. The van der Waals surface area contributed by atoms with Crippen molar-refractivity contribution >= 4 is 39.8 Å². The summed E-state index contributed by atoms with van der Waals surface area (Å²) in [4.78, 5) is 15.0. The molecule has 29 heavy (non-hydrogen) atoms. The first-order chi connectivity index (χ1) is 14.2. The highest BCUT2D eigenvalue weighted by atomic mass is 32.2. The monoisotopic (exact) mass is 430 g/mol. The number of ether oxygens (including phenoxy) is 1. The maximum Gasteiger partial charge on any atom is 0.240 e. The molecule has 1 unspecified atom stereocenters. The second kappa shape index (κ2) is 9.34. The van der Waals surface area contributed by atoms with Crippen LogP contribution in [0, 0.1) is 5.82 Å². The highest BCUT2D eigenvalue weighted by Crippen LogP contribution is 2.39. The summed E-state index contributed by atoms with van der Waals surface area (Å²) in [6, 6.07) is 15.7. The molecule has 1 fully saturated rings. The predicted octanol–water partition coefficient (Wildman–Crippen LogP) is 4.11. The standard InChI is InChI=1S/C20H19FN4O2S2/c21-15-6-8-16(9-7-15)22-19-23-24-20(29-19)28-17(14-4-2-1-3-5-14)18(26)25-10-12-27-13-11-25/h1-9,17H,10-13H2,(H,22,23). The van der Waals surface area contributed by atoms with Gasteiger partial charge in [0, 0.05) is 18.8 Å². The highest BCUT2D eigenvalue weighted by Gasteiger charge is 2.29. The molecule has 3 aromatic rings. The van der Waals surface area contributed by atoms with E-state index in [0.717, 1.165) is 11.3 Å². The molecule has 1 aliphatic rings. The number of hydrogen-bond acceptors (Lipinski definition) is 7. The molecule has 4 rings (SSSR count). The van der Waals surface area contributed by atoms with Crippen LogP contribution < -0.4 is 5.32 Å². The lowest BCUT2D eigenvalue weighted by Gasteiger charge is -2.30. The van der Waals surface area contributed by atoms with Crippen molar-refractivity contribution in [1.82, 2.24) is 15.1 Å². The maximum atomic E-state index is 13.2. The van der Waals surface area contributed by atoms with Crippen molar-refractivity contribution in [2.24, 2.45) is 0 Å². The molecule has 1 aliphatic heterocycles. The van der Waals surface area contributed by atoms with Crippen LogP contribution in [-0.2, 0) is 9.53 Å². The molecule has 0 radical (unpaired) electrons. The molecule has 1 amide bonds. The van der Waals surface area contributed by atoms with Crippen molar-refractivity contribution in [2.45, 2.75) is 9.59 Å². The van der Waals surface area contributed by atoms with Crippen molar-refractivity contribution < 1.29 is 13.9 Å². The van der Waals surface area contributed by atoms with Gasteiger partial charge in [-0.05, 0) is 29.8 Å². The molecule has 1 saturated heterocycles. The molecule has 0 saturated carbocycles. The molecule has 150 valence electrons. The number of amides is 1. The summed E-state index contributed by atoms with van der Waals surface area (Å²) in [7, 11) is 0. The number of nitrogens with one attached hydrogen (secondary N) is 1. The van der Waals surface area contributed by atoms with Crippen LogP contribution in [-0.4, -0.2) is 47.3 Å².